The standard InChI is InChI=1S/C13H26O2/c1-4-7-8-9-12-10-11-14-13(5-2,6-3)15-12/h12H,4-11H2,1-3H3. The van der Waals surface area contributed by atoms with E-state index >= 15 is 0 Å². The summed E-state index contributed by atoms with van der Waals surface area (Å²) in [7, 11) is 0. The van der Waals surface area contributed by atoms with Crippen LogP contribution in [0.2, 0.25) is 0 Å². The van der Waals surface area contributed by atoms with Crippen LogP contribution >= 0.6 is 0 Å². The summed E-state index contributed by atoms with van der Waals surface area (Å²) in [6, 6.07) is 0. The van der Waals surface area contributed by atoms with Crippen LogP contribution < -0.4 is 0 Å². The van der Waals surface area contributed by atoms with Crippen LogP contribution in [-0.4, -0.2) is 18.5 Å². The highest BCUT2D eigenvalue weighted by Crippen LogP contribution is 2.31. The first-order valence-electron chi connectivity index (χ1n) is 6.58. The van der Waals surface area contributed by atoms with Crippen molar-refractivity contribution < 1.29 is 9.47 Å². The van der Waals surface area contributed by atoms with Gasteiger partial charge in [0.1, 0.15) is 0 Å². The normalized spacial score (nSPS) is 25.4. The van der Waals surface area contributed by atoms with E-state index < -0.39 is 0 Å². The van der Waals surface area contributed by atoms with Gasteiger partial charge in [0.2, 0.25) is 0 Å². The molecule has 1 aliphatic rings. The van der Waals surface area contributed by atoms with Crippen LogP contribution in [0.15, 0.2) is 0 Å². The highest BCUT2D eigenvalue weighted by atomic mass is 16.7. The molecule has 2 heteroatoms. The van der Waals surface area contributed by atoms with Gasteiger partial charge in [-0.2, -0.15) is 0 Å². The Labute approximate surface area is 94.3 Å². The van der Waals surface area contributed by atoms with Gasteiger partial charge in [-0.05, 0) is 25.7 Å². The van der Waals surface area contributed by atoms with Crippen LogP contribution in [0, 0.1) is 0 Å². The van der Waals surface area contributed by atoms with Crippen LogP contribution in [0.25, 0.3) is 0 Å². The summed E-state index contributed by atoms with van der Waals surface area (Å²) in [5.74, 6) is -0.269. The van der Waals surface area contributed by atoms with E-state index in [4.69, 9.17) is 9.47 Å². The van der Waals surface area contributed by atoms with Crippen LogP contribution in [0.4, 0.5) is 0 Å². The molecule has 0 N–H and O–H groups in total. The molecule has 2 nitrogen and oxygen atoms in total. The van der Waals surface area contributed by atoms with Crippen LogP contribution in [0.3, 0.4) is 0 Å². The molecule has 15 heavy (non-hydrogen) atoms. The van der Waals surface area contributed by atoms with Crippen molar-refractivity contribution in [3.05, 3.63) is 0 Å². The Bertz CT molecular complexity index is 164. The molecule has 1 unspecified atom stereocenters. The fraction of sp³-hybridized carbons (Fsp3) is 1.00. The first kappa shape index (κ1) is 13.0. The second-order valence-electron chi connectivity index (χ2n) is 4.49. The Kier molecular flexibility index (Phi) is 5.62. The second-order valence-corrected chi connectivity index (χ2v) is 4.49. The lowest BCUT2D eigenvalue weighted by Gasteiger charge is -2.40. The van der Waals surface area contributed by atoms with Gasteiger partial charge in [0.05, 0.1) is 12.7 Å². The molecular weight excluding hydrogens is 188 g/mol. The number of hydrogen-bond acceptors (Lipinski definition) is 2. The summed E-state index contributed by atoms with van der Waals surface area (Å²) >= 11 is 0. The highest BCUT2D eigenvalue weighted by Gasteiger charge is 2.34. The maximum Gasteiger partial charge on any atom is 0.168 e. The lowest BCUT2D eigenvalue weighted by Crippen LogP contribution is -2.43. The van der Waals surface area contributed by atoms with Crippen LogP contribution in [0.1, 0.15) is 65.7 Å². The third-order valence-electron chi connectivity index (χ3n) is 3.39. The lowest BCUT2D eigenvalue weighted by molar-refractivity contribution is -0.296. The van der Waals surface area contributed by atoms with Crippen molar-refractivity contribution in [2.45, 2.75) is 77.6 Å². The van der Waals surface area contributed by atoms with Crippen molar-refractivity contribution in [2.75, 3.05) is 6.61 Å². The molecule has 0 aromatic carbocycles. The summed E-state index contributed by atoms with van der Waals surface area (Å²) < 4.78 is 11.9. The molecular formula is C13H26O2. The van der Waals surface area contributed by atoms with E-state index in [0.717, 1.165) is 25.9 Å². The minimum absolute atomic E-state index is 0.269. The summed E-state index contributed by atoms with van der Waals surface area (Å²) in [6.07, 6.45) is 8.56. The van der Waals surface area contributed by atoms with E-state index in [1.165, 1.54) is 25.7 Å². The van der Waals surface area contributed by atoms with Gasteiger partial charge in [-0.1, -0.05) is 40.0 Å². The van der Waals surface area contributed by atoms with E-state index in [1.807, 2.05) is 0 Å². The first-order valence-corrected chi connectivity index (χ1v) is 6.58. The first-order chi connectivity index (χ1) is 7.26. The number of hydrogen-bond donors (Lipinski definition) is 0. The molecule has 0 aromatic rings. The molecule has 0 spiro atoms. The molecule has 90 valence electrons. The maximum atomic E-state index is 6.10. The zero-order valence-corrected chi connectivity index (χ0v) is 10.6. The fourth-order valence-corrected chi connectivity index (χ4v) is 2.22. The van der Waals surface area contributed by atoms with Crippen LogP contribution in [0.5, 0.6) is 0 Å². The summed E-state index contributed by atoms with van der Waals surface area (Å²) in [5.41, 5.74) is 0. The van der Waals surface area contributed by atoms with E-state index in [0.29, 0.717) is 6.10 Å². The minimum atomic E-state index is -0.269. The molecule has 0 aliphatic carbocycles. The van der Waals surface area contributed by atoms with Crippen molar-refractivity contribution in [1.82, 2.24) is 0 Å². The summed E-state index contributed by atoms with van der Waals surface area (Å²) in [6.45, 7) is 7.42. The predicted molar refractivity (Wildman–Crippen MR) is 62.9 cm³/mol. The zero-order valence-electron chi connectivity index (χ0n) is 10.6. The van der Waals surface area contributed by atoms with Gasteiger partial charge in [0.15, 0.2) is 5.79 Å². The Morgan fingerprint density at radius 3 is 2.47 bits per heavy atom. The predicted octanol–water partition coefficient (Wildman–Crippen LogP) is 3.89. The summed E-state index contributed by atoms with van der Waals surface area (Å²) in [4.78, 5) is 0. The van der Waals surface area contributed by atoms with E-state index in [2.05, 4.69) is 20.8 Å². The second kappa shape index (κ2) is 6.49. The lowest BCUT2D eigenvalue weighted by atomic mass is 10.0. The molecule has 0 bridgehead atoms. The molecule has 0 radical (unpaired) electrons. The minimum Gasteiger partial charge on any atom is -0.350 e. The van der Waals surface area contributed by atoms with Gasteiger partial charge >= 0.3 is 0 Å². The van der Waals surface area contributed by atoms with E-state index in [9.17, 15) is 0 Å². The van der Waals surface area contributed by atoms with Gasteiger partial charge < -0.3 is 9.47 Å². The smallest absolute Gasteiger partial charge is 0.168 e. The number of unbranched alkanes of at least 4 members (excludes halogenated alkanes) is 2. The van der Waals surface area contributed by atoms with E-state index in [1.54, 1.807) is 0 Å². The molecule has 1 heterocycles. The molecule has 0 aromatic heterocycles. The fourth-order valence-electron chi connectivity index (χ4n) is 2.22. The quantitative estimate of drug-likeness (QED) is 0.624. The van der Waals surface area contributed by atoms with Gasteiger partial charge in [-0.15, -0.1) is 0 Å². The Hall–Kier alpha value is -0.0800. The average Bonchev–Trinajstić information content (AvgIpc) is 2.30. The average molecular weight is 214 g/mol. The number of ether oxygens (including phenoxy) is 2. The largest absolute Gasteiger partial charge is 0.350 e. The van der Waals surface area contributed by atoms with Crippen molar-refractivity contribution in [3.63, 3.8) is 0 Å². The zero-order chi connectivity index (χ0) is 11.1. The Balaban J connectivity index is 2.34. The van der Waals surface area contributed by atoms with E-state index in [-0.39, 0.29) is 5.79 Å². The van der Waals surface area contributed by atoms with Crippen molar-refractivity contribution in [1.29, 1.82) is 0 Å². The van der Waals surface area contributed by atoms with Crippen LogP contribution in [-0.2, 0) is 9.47 Å². The van der Waals surface area contributed by atoms with Crippen molar-refractivity contribution in [3.8, 4) is 0 Å². The van der Waals surface area contributed by atoms with Gasteiger partial charge in [0.25, 0.3) is 0 Å². The molecule has 1 saturated heterocycles. The molecule has 1 atom stereocenters. The maximum absolute atomic E-state index is 6.10. The van der Waals surface area contributed by atoms with Crippen molar-refractivity contribution >= 4 is 0 Å². The van der Waals surface area contributed by atoms with Gasteiger partial charge in [0, 0.05) is 0 Å². The highest BCUT2D eigenvalue weighted by molar-refractivity contribution is 4.74. The number of rotatable bonds is 6. The topological polar surface area (TPSA) is 18.5 Å². The molecule has 1 fully saturated rings. The monoisotopic (exact) mass is 214 g/mol. The van der Waals surface area contributed by atoms with Gasteiger partial charge in [-0.3, -0.25) is 0 Å². The Morgan fingerprint density at radius 1 is 1.13 bits per heavy atom. The summed E-state index contributed by atoms with van der Waals surface area (Å²) in [5, 5.41) is 0. The SMILES string of the molecule is CCCCCC1CCOC(CC)(CC)O1. The Morgan fingerprint density at radius 2 is 1.87 bits per heavy atom. The molecule has 1 rings (SSSR count). The third-order valence-corrected chi connectivity index (χ3v) is 3.39. The van der Waals surface area contributed by atoms with Gasteiger partial charge in [-0.25, -0.2) is 0 Å². The third kappa shape index (κ3) is 3.76. The van der Waals surface area contributed by atoms with Crippen molar-refractivity contribution in [2.24, 2.45) is 0 Å². The molecule has 1 aliphatic heterocycles. The molecule has 0 saturated carbocycles. The molecule has 0 amide bonds.